The fourth-order valence-electron chi connectivity index (χ4n) is 3.03. The highest BCUT2D eigenvalue weighted by atomic mass is 16.5. The molecule has 3 aromatic heterocycles. The number of ketones is 1. The van der Waals surface area contributed by atoms with Crippen molar-refractivity contribution in [2.45, 2.75) is 19.4 Å². The predicted octanol–water partition coefficient (Wildman–Crippen LogP) is 2.41. The van der Waals surface area contributed by atoms with E-state index in [0.29, 0.717) is 60.5 Å². The molecule has 0 aliphatic carbocycles. The lowest BCUT2D eigenvalue weighted by atomic mass is 10.1. The number of aromatic nitrogens is 4. The van der Waals surface area contributed by atoms with E-state index in [1.165, 1.54) is 0 Å². The minimum atomic E-state index is -0.00451. The van der Waals surface area contributed by atoms with E-state index in [1.807, 2.05) is 12.1 Å². The average Bonchev–Trinajstić information content (AvgIpc) is 3.10. The SMILES string of the molecule is CNc1cc2nc3c(cnn13)C(=O)CCCOCc1cnc(OC)c(c1)N2. The molecule has 3 aromatic rings. The Kier molecular flexibility index (Phi) is 4.59. The molecule has 4 bridgehead atoms. The van der Waals surface area contributed by atoms with Crippen LogP contribution in [0.3, 0.4) is 0 Å². The van der Waals surface area contributed by atoms with Gasteiger partial charge in [-0.05, 0) is 18.1 Å². The Morgan fingerprint density at radius 2 is 2.22 bits per heavy atom. The highest BCUT2D eigenvalue weighted by molar-refractivity contribution is 6.01. The lowest BCUT2D eigenvalue weighted by Gasteiger charge is -2.14. The number of hydrogen-bond donors (Lipinski definition) is 2. The molecule has 1 aliphatic rings. The Labute approximate surface area is 155 Å². The van der Waals surface area contributed by atoms with Crippen LogP contribution in [0, 0.1) is 0 Å². The minimum absolute atomic E-state index is 0.00451. The van der Waals surface area contributed by atoms with Gasteiger partial charge in [-0.25, -0.2) is 9.97 Å². The summed E-state index contributed by atoms with van der Waals surface area (Å²) in [6.45, 7) is 0.896. The van der Waals surface area contributed by atoms with Crippen molar-refractivity contribution in [2.75, 3.05) is 31.4 Å². The summed E-state index contributed by atoms with van der Waals surface area (Å²) in [7, 11) is 3.35. The molecule has 0 fully saturated rings. The molecule has 9 nitrogen and oxygen atoms in total. The normalized spacial score (nSPS) is 14.7. The molecule has 0 radical (unpaired) electrons. The summed E-state index contributed by atoms with van der Waals surface area (Å²) in [4.78, 5) is 21.5. The maximum Gasteiger partial charge on any atom is 0.237 e. The molecule has 0 saturated heterocycles. The summed E-state index contributed by atoms with van der Waals surface area (Å²) >= 11 is 0. The van der Waals surface area contributed by atoms with Gasteiger partial charge in [0.25, 0.3) is 0 Å². The molecule has 9 heteroatoms. The molecular weight excluding hydrogens is 348 g/mol. The molecule has 4 rings (SSSR count). The summed E-state index contributed by atoms with van der Waals surface area (Å²) in [5.74, 6) is 1.70. The lowest BCUT2D eigenvalue weighted by Crippen LogP contribution is -2.08. The van der Waals surface area contributed by atoms with Crippen LogP contribution in [-0.4, -0.2) is 46.1 Å². The third-order valence-corrected chi connectivity index (χ3v) is 4.35. The number of pyridine rings is 1. The Hall–Kier alpha value is -3.20. The van der Waals surface area contributed by atoms with Gasteiger partial charge in [0, 0.05) is 32.3 Å². The average molecular weight is 368 g/mol. The highest BCUT2D eigenvalue weighted by Crippen LogP contribution is 2.28. The van der Waals surface area contributed by atoms with Crippen molar-refractivity contribution in [2.24, 2.45) is 0 Å². The molecule has 0 spiro atoms. The van der Waals surface area contributed by atoms with Crippen LogP contribution in [-0.2, 0) is 11.3 Å². The van der Waals surface area contributed by atoms with Crippen molar-refractivity contribution in [1.82, 2.24) is 19.6 Å². The maximum absolute atomic E-state index is 12.6. The van der Waals surface area contributed by atoms with Crippen molar-refractivity contribution >= 4 is 28.8 Å². The fraction of sp³-hybridized carbons (Fsp3) is 0.333. The molecular formula is C18H20N6O3. The molecule has 0 amide bonds. The number of fused-ring (bicyclic) bond motifs is 3. The first kappa shape index (κ1) is 17.2. The maximum atomic E-state index is 12.6. The van der Waals surface area contributed by atoms with Gasteiger partial charge in [0.2, 0.25) is 5.88 Å². The summed E-state index contributed by atoms with van der Waals surface area (Å²) in [5.41, 5.74) is 2.56. The Morgan fingerprint density at radius 3 is 3.04 bits per heavy atom. The van der Waals surface area contributed by atoms with Crippen molar-refractivity contribution in [3.63, 3.8) is 0 Å². The number of hydrogen-bond acceptors (Lipinski definition) is 8. The van der Waals surface area contributed by atoms with Gasteiger partial charge in [0.1, 0.15) is 17.3 Å². The van der Waals surface area contributed by atoms with Crippen molar-refractivity contribution in [3.05, 3.63) is 35.7 Å². The van der Waals surface area contributed by atoms with E-state index in [-0.39, 0.29) is 5.78 Å². The number of anilines is 3. The topological polar surface area (TPSA) is 103 Å². The first-order valence-electron chi connectivity index (χ1n) is 8.67. The molecule has 140 valence electrons. The summed E-state index contributed by atoms with van der Waals surface area (Å²) in [5, 5.41) is 10.6. The van der Waals surface area contributed by atoms with E-state index < -0.39 is 0 Å². The van der Waals surface area contributed by atoms with E-state index in [9.17, 15) is 4.79 Å². The van der Waals surface area contributed by atoms with Gasteiger partial charge in [0.05, 0.1) is 25.5 Å². The first-order valence-corrected chi connectivity index (χ1v) is 8.67. The molecule has 2 N–H and O–H groups in total. The van der Waals surface area contributed by atoms with Crippen molar-refractivity contribution in [1.29, 1.82) is 0 Å². The van der Waals surface area contributed by atoms with Gasteiger partial charge in [0.15, 0.2) is 11.4 Å². The first-order chi connectivity index (χ1) is 13.2. The number of Topliss-reactive ketones (excluding diaryl/α,β-unsaturated/α-hetero) is 1. The number of carbonyl (C=O) groups is 1. The lowest BCUT2D eigenvalue weighted by molar-refractivity contribution is 0.0920. The highest BCUT2D eigenvalue weighted by Gasteiger charge is 2.18. The van der Waals surface area contributed by atoms with Crippen LogP contribution in [0.25, 0.3) is 5.65 Å². The van der Waals surface area contributed by atoms with Crippen LogP contribution in [0.4, 0.5) is 17.3 Å². The zero-order valence-corrected chi connectivity index (χ0v) is 15.2. The van der Waals surface area contributed by atoms with Gasteiger partial charge in [-0.15, -0.1) is 0 Å². The van der Waals surface area contributed by atoms with Gasteiger partial charge >= 0.3 is 0 Å². The standard InChI is InChI=1S/C18H20N6O3/c1-19-16-7-15-22-13-6-11(8-20-18(13)26-2)10-27-5-3-4-14(25)12-9-21-24(16)17(12)23-15/h6-9,19H,3-5,10H2,1-2H3,(H,22,23). The summed E-state index contributed by atoms with van der Waals surface area (Å²) < 4.78 is 12.6. The summed E-state index contributed by atoms with van der Waals surface area (Å²) in [6, 6.07) is 3.73. The smallest absolute Gasteiger partial charge is 0.237 e. The van der Waals surface area contributed by atoms with Crippen LogP contribution in [0.5, 0.6) is 5.88 Å². The van der Waals surface area contributed by atoms with Gasteiger partial charge < -0.3 is 20.1 Å². The Morgan fingerprint density at radius 1 is 1.33 bits per heavy atom. The largest absolute Gasteiger partial charge is 0.480 e. The number of ether oxygens (including phenoxy) is 2. The second-order valence-electron chi connectivity index (χ2n) is 6.17. The number of nitrogens with zero attached hydrogens (tertiary/aromatic N) is 4. The van der Waals surface area contributed by atoms with E-state index in [0.717, 1.165) is 5.56 Å². The number of methoxy groups -OCH3 is 1. The zero-order chi connectivity index (χ0) is 18.8. The van der Waals surface area contributed by atoms with Gasteiger partial charge in [-0.3, -0.25) is 4.79 Å². The van der Waals surface area contributed by atoms with Crippen LogP contribution < -0.4 is 15.4 Å². The van der Waals surface area contributed by atoms with E-state index in [1.54, 1.807) is 31.1 Å². The van der Waals surface area contributed by atoms with E-state index >= 15 is 0 Å². The molecule has 1 aliphatic heterocycles. The van der Waals surface area contributed by atoms with Crippen molar-refractivity contribution in [3.8, 4) is 5.88 Å². The van der Waals surface area contributed by atoms with Crippen LogP contribution in [0.15, 0.2) is 24.5 Å². The second kappa shape index (κ2) is 7.20. The number of rotatable bonds is 2. The molecule has 0 unspecified atom stereocenters. The monoisotopic (exact) mass is 368 g/mol. The zero-order valence-electron chi connectivity index (χ0n) is 15.2. The molecule has 27 heavy (non-hydrogen) atoms. The molecule has 0 saturated carbocycles. The fourth-order valence-corrected chi connectivity index (χ4v) is 3.03. The Balaban J connectivity index is 1.87. The van der Waals surface area contributed by atoms with Gasteiger partial charge in [-0.1, -0.05) is 0 Å². The quantitative estimate of drug-likeness (QED) is 0.711. The van der Waals surface area contributed by atoms with E-state index in [4.69, 9.17) is 9.47 Å². The van der Waals surface area contributed by atoms with Crippen molar-refractivity contribution < 1.29 is 14.3 Å². The number of nitrogens with one attached hydrogen (secondary N) is 2. The number of carbonyl (C=O) groups excluding carboxylic acids is 1. The van der Waals surface area contributed by atoms with Crippen LogP contribution in [0.2, 0.25) is 0 Å². The Bertz CT molecular complexity index is 1000. The van der Waals surface area contributed by atoms with Crippen LogP contribution in [0.1, 0.15) is 28.8 Å². The third kappa shape index (κ3) is 3.28. The molecule has 0 aromatic carbocycles. The van der Waals surface area contributed by atoms with Gasteiger partial charge in [-0.2, -0.15) is 9.61 Å². The predicted molar refractivity (Wildman–Crippen MR) is 99.8 cm³/mol. The molecule has 0 atom stereocenters. The second-order valence-corrected chi connectivity index (χ2v) is 6.17. The van der Waals surface area contributed by atoms with E-state index in [2.05, 4.69) is 25.7 Å². The molecule has 4 heterocycles. The third-order valence-electron chi connectivity index (χ3n) is 4.35. The van der Waals surface area contributed by atoms with Crippen LogP contribution >= 0.6 is 0 Å². The minimum Gasteiger partial charge on any atom is -0.480 e. The summed E-state index contributed by atoms with van der Waals surface area (Å²) in [6.07, 6.45) is 4.28.